The Hall–Kier alpha value is -6.12. The predicted molar refractivity (Wildman–Crippen MR) is 220 cm³/mol. The topological polar surface area (TPSA) is 6.48 Å². The quantitative estimate of drug-likeness (QED) is 0.142. The van der Waals surface area contributed by atoms with E-state index in [1.54, 1.807) is 0 Å². The summed E-state index contributed by atoms with van der Waals surface area (Å²) in [6.45, 7) is 8.95. The summed E-state index contributed by atoms with van der Waals surface area (Å²) in [4.78, 5) is 4.63. The lowest BCUT2D eigenvalue weighted by Crippen LogP contribution is -2.13. The Morgan fingerprint density at radius 1 is 0.373 bits per heavy atom. The van der Waals surface area contributed by atoms with Gasteiger partial charge in [0, 0.05) is 34.1 Å². The molecule has 7 aromatic carbocycles. The fraction of sp³-hybridized carbons (Fsp3) is 0.102. The molecule has 0 aliphatic rings. The molecule has 0 atom stereocenters. The average Bonchev–Trinajstić information content (AvgIpc) is 3.17. The first kappa shape index (κ1) is 33.4. The number of nitrogens with zero attached hydrogens (tertiary/aromatic N) is 2. The molecule has 0 aromatic heterocycles. The van der Waals surface area contributed by atoms with Crippen molar-refractivity contribution in [2.45, 2.75) is 33.1 Å². The van der Waals surface area contributed by atoms with Gasteiger partial charge in [-0.2, -0.15) is 0 Å². The summed E-state index contributed by atoms with van der Waals surface area (Å²) in [6, 6.07) is 65.0. The van der Waals surface area contributed by atoms with Crippen LogP contribution in [0.25, 0.3) is 23.3 Å². The summed E-state index contributed by atoms with van der Waals surface area (Å²) in [5.74, 6) is 0. The van der Waals surface area contributed by atoms with Gasteiger partial charge in [0.2, 0.25) is 0 Å². The summed E-state index contributed by atoms with van der Waals surface area (Å²) < 4.78 is 0. The Kier molecular flexibility index (Phi) is 9.67. The van der Waals surface area contributed by atoms with Crippen molar-refractivity contribution >= 4 is 46.3 Å². The lowest BCUT2D eigenvalue weighted by Gasteiger charge is -2.28. The molecule has 2 heteroatoms. The van der Waals surface area contributed by atoms with Crippen LogP contribution in [-0.2, 0) is 5.41 Å². The Balaban J connectivity index is 1.07. The van der Waals surface area contributed by atoms with Gasteiger partial charge in [-0.1, -0.05) is 148 Å². The number of hydrogen-bond acceptors (Lipinski definition) is 2. The van der Waals surface area contributed by atoms with Crippen molar-refractivity contribution in [2.24, 2.45) is 0 Å². The van der Waals surface area contributed by atoms with E-state index in [0.717, 1.165) is 34.0 Å². The van der Waals surface area contributed by atoms with E-state index in [9.17, 15) is 0 Å². The van der Waals surface area contributed by atoms with E-state index < -0.39 is 0 Å². The van der Waals surface area contributed by atoms with Crippen LogP contribution in [0.3, 0.4) is 0 Å². The molecule has 51 heavy (non-hydrogen) atoms. The molecule has 0 saturated carbocycles. The standard InChI is InChI=1S/C49H44N2/c1-37-13-11-12-18-48(37)51(47-35-29-42(30-36-47)49(2,3)4)46-31-23-39(24-32-46)20-19-38-21-25-40(26-22-38)41-27-33-45(34-28-41)50(43-14-7-5-8-15-43)44-16-9-6-10-17-44/h5-36H,1-4H3. The summed E-state index contributed by atoms with van der Waals surface area (Å²) in [5.41, 5.74) is 14.3. The second-order valence-electron chi connectivity index (χ2n) is 14.0. The van der Waals surface area contributed by atoms with E-state index in [1.807, 2.05) is 0 Å². The van der Waals surface area contributed by atoms with Gasteiger partial charge in [0.25, 0.3) is 0 Å². The van der Waals surface area contributed by atoms with Crippen LogP contribution < -0.4 is 9.80 Å². The molecule has 0 saturated heterocycles. The van der Waals surface area contributed by atoms with E-state index in [1.165, 1.54) is 33.5 Å². The van der Waals surface area contributed by atoms with Crippen molar-refractivity contribution in [1.29, 1.82) is 0 Å². The molecule has 0 unspecified atom stereocenters. The van der Waals surface area contributed by atoms with Crippen LogP contribution in [0.5, 0.6) is 0 Å². The number of aryl methyl sites for hydroxylation is 1. The third-order valence-corrected chi connectivity index (χ3v) is 9.37. The third-order valence-electron chi connectivity index (χ3n) is 9.37. The minimum atomic E-state index is 0.111. The fourth-order valence-electron chi connectivity index (χ4n) is 6.47. The highest BCUT2D eigenvalue weighted by Gasteiger charge is 2.17. The summed E-state index contributed by atoms with van der Waals surface area (Å²) >= 11 is 0. The second kappa shape index (κ2) is 14.8. The molecule has 0 fully saturated rings. The number of hydrogen-bond donors (Lipinski definition) is 0. The van der Waals surface area contributed by atoms with E-state index in [4.69, 9.17) is 0 Å². The third kappa shape index (κ3) is 7.71. The molecule has 0 bridgehead atoms. The second-order valence-corrected chi connectivity index (χ2v) is 14.0. The fourth-order valence-corrected chi connectivity index (χ4v) is 6.47. The molecule has 0 N–H and O–H groups in total. The molecule has 250 valence electrons. The maximum absolute atomic E-state index is 2.35. The van der Waals surface area contributed by atoms with Gasteiger partial charge in [0.05, 0.1) is 0 Å². The molecule has 0 amide bonds. The first-order valence-electron chi connectivity index (χ1n) is 17.7. The van der Waals surface area contributed by atoms with E-state index in [-0.39, 0.29) is 5.41 Å². The maximum atomic E-state index is 2.35. The maximum Gasteiger partial charge on any atom is 0.0490 e. The van der Waals surface area contributed by atoms with Crippen molar-refractivity contribution in [3.8, 4) is 11.1 Å². The van der Waals surface area contributed by atoms with E-state index in [2.05, 4.69) is 232 Å². The zero-order valence-electron chi connectivity index (χ0n) is 29.9. The monoisotopic (exact) mass is 660 g/mol. The van der Waals surface area contributed by atoms with Gasteiger partial charge >= 0.3 is 0 Å². The molecule has 0 heterocycles. The van der Waals surface area contributed by atoms with E-state index >= 15 is 0 Å². The van der Waals surface area contributed by atoms with Crippen molar-refractivity contribution in [3.05, 3.63) is 204 Å². The summed E-state index contributed by atoms with van der Waals surface area (Å²) in [7, 11) is 0. The lowest BCUT2D eigenvalue weighted by atomic mass is 9.87. The predicted octanol–water partition coefficient (Wildman–Crippen LogP) is 14.1. The molecular formula is C49H44N2. The SMILES string of the molecule is Cc1ccccc1N(c1ccc(C=Cc2ccc(-c3ccc(N(c4ccccc4)c4ccccc4)cc3)cc2)cc1)c1ccc(C(C)(C)C)cc1. The van der Waals surface area contributed by atoms with Gasteiger partial charge in [0.15, 0.2) is 0 Å². The van der Waals surface area contributed by atoms with E-state index in [0.29, 0.717) is 0 Å². The van der Waals surface area contributed by atoms with Gasteiger partial charge in [-0.05, 0) is 112 Å². The molecule has 0 spiro atoms. The molecular weight excluding hydrogens is 617 g/mol. The van der Waals surface area contributed by atoms with Gasteiger partial charge in [-0.25, -0.2) is 0 Å². The zero-order chi connectivity index (χ0) is 35.2. The smallest absolute Gasteiger partial charge is 0.0490 e. The average molecular weight is 661 g/mol. The minimum Gasteiger partial charge on any atom is -0.311 e. The van der Waals surface area contributed by atoms with Crippen molar-refractivity contribution in [2.75, 3.05) is 9.80 Å². The van der Waals surface area contributed by atoms with Crippen molar-refractivity contribution in [1.82, 2.24) is 0 Å². The van der Waals surface area contributed by atoms with Gasteiger partial charge in [-0.15, -0.1) is 0 Å². The summed E-state index contributed by atoms with van der Waals surface area (Å²) in [6.07, 6.45) is 4.37. The van der Waals surface area contributed by atoms with Crippen molar-refractivity contribution < 1.29 is 0 Å². The number of benzene rings is 7. The zero-order valence-corrected chi connectivity index (χ0v) is 29.9. The normalized spacial score (nSPS) is 11.5. The Morgan fingerprint density at radius 3 is 1.24 bits per heavy atom. The van der Waals surface area contributed by atoms with Gasteiger partial charge in [-0.3, -0.25) is 0 Å². The number of anilines is 6. The summed E-state index contributed by atoms with van der Waals surface area (Å²) in [5, 5.41) is 0. The Morgan fingerprint density at radius 2 is 0.745 bits per heavy atom. The van der Waals surface area contributed by atoms with Gasteiger partial charge in [0.1, 0.15) is 0 Å². The lowest BCUT2D eigenvalue weighted by molar-refractivity contribution is 0.590. The molecule has 7 aromatic rings. The van der Waals surface area contributed by atoms with Crippen LogP contribution in [0.2, 0.25) is 0 Å². The molecule has 0 aliphatic carbocycles. The highest BCUT2D eigenvalue weighted by molar-refractivity contribution is 5.81. The minimum absolute atomic E-state index is 0.111. The molecule has 7 rings (SSSR count). The van der Waals surface area contributed by atoms with Crippen LogP contribution in [0, 0.1) is 6.92 Å². The van der Waals surface area contributed by atoms with Crippen LogP contribution in [0.15, 0.2) is 182 Å². The largest absolute Gasteiger partial charge is 0.311 e. The molecule has 0 aliphatic heterocycles. The van der Waals surface area contributed by atoms with Crippen LogP contribution in [-0.4, -0.2) is 0 Å². The van der Waals surface area contributed by atoms with Crippen LogP contribution in [0.1, 0.15) is 43.0 Å². The first-order chi connectivity index (χ1) is 24.8. The number of rotatable bonds is 9. The highest BCUT2D eigenvalue weighted by Crippen LogP contribution is 2.38. The molecule has 0 radical (unpaired) electrons. The number of para-hydroxylation sites is 3. The molecule has 2 nitrogen and oxygen atoms in total. The first-order valence-corrected chi connectivity index (χ1v) is 17.7. The van der Waals surface area contributed by atoms with Crippen LogP contribution in [0.4, 0.5) is 34.1 Å². The van der Waals surface area contributed by atoms with Gasteiger partial charge < -0.3 is 9.80 Å². The van der Waals surface area contributed by atoms with Crippen LogP contribution >= 0.6 is 0 Å². The Labute approximate surface area is 303 Å². The Bertz CT molecular complexity index is 2150. The highest BCUT2D eigenvalue weighted by atomic mass is 15.1. The van der Waals surface area contributed by atoms with Crippen molar-refractivity contribution in [3.63, 3.8) is 0 Å².